The van der Waals surface area contributed by atoms with Crippen LogP contribution in [0.1, 0.15) is 32.9 Å². The van der Waals surface area contributed by atoms with Crippen molar-refractivity contribution in [1.29, 1.82) is 0 Å². The number of fused-ring (bicyclic) bond motifs is 1. The quantitative estimate of drug-likeness (QED) is 0.685. The predicted octanol–water partition coefficient (Wildman–Crippen LogP) is 0.954. The maximum atomic E-state index is 12.3. The number of carboxylic acids is 1. The van der Waals surface area contributed by atoms with Crippen LogP contribution in [0.4, 0.5) is 0 Å². The first-order valence-corrected chi connectivity index (χ1v) is 8.45. The van der Waals surface area contributed by atoms with Gasteiger partial charge >= 0.3 is 5.97 Å². The molecule has 136 valence electrons. The van der Waals surface area contributed by atoms with Crippen LogP contribution in [-0.2, 0) is 14.4 Å². The number of hydrogen-bond acceptors (Lipinski definition) is 5. The third kappa shape index (κ3) is 3.11. The van der Waals surface area contributed by atoms with Crippen LogP contribution in [0.15, 0.2) is 30.3 Å². The number of nitrogens with one attached hydrogen (secondary N) is 1. The molecule has 4 N–H and O–H groups in total. The molecule has 0 bridgehead atoms. The minimum absolute atomic E-state index is 0. The number of aliphatic carboxylic acids is 1. The second-order valence-electron chi connectivity index (χ2n) is 6.47. The molecule has 0 unspecified atom stereocenters. The predicted molar refractivity (Wildman–Crippen MR) is 95.8 cm³/mol. The fraction of sp³-hybridized carbons (Fsp3) is 0.471. The Kier molecular flexibility index (Phi) is 5.15. The van der Waals surface area contributed by atoms with E-state index in [0.717, 1.165) is 0 Å². The normalized spacial score (nSPS) is 27.6. The van der Waals surface area contributed by atoms with Crippen molar-refractivity contribution in [2.45, 2.75) is 49.5 Å². The van der Waals surface area contributed by atoms with Crippen LogP contribution in [0, 0.1) is 0 Å². The molecule has 0 aromatic heterocycles. The number of thioether (sulfide) groups is 1. The second kappa shape index (κ2) is 6.68. The van der Waals surface area contributed by atoms with Crippen LogP contribution in [0.25, 0.3) is 0 Å². The van der Waals surface area contributed by atoms with E-state index in [0.29, 0.717) is 5.56 Å². The van der Waals surface area contributed by atoms with E-state index in [9.17, 15) is 19.5 Å². The number of amides is 2. The number of nitrogens with two attached hydrogens (primary N) is 1. The van der Waals surface area contributed by atoms with Gasteiger partial charge in [-0.15, -0.1) is 11.8 Å². The van der Waals surface area contributed by atoms with Crippen molar-refractivity contribution in [2.75, 3.05) is 0 Å². The van der Waals surface area contributed by atoms with Gasteiger partial charge in [-0.3, -0.25) is 9.59 Å². The van der Waals surface area contributed by atoms with Gasteiger partial charge in [-0.05, 0) is 19.4 Å². The summed E-state index contributed by atoms with van der Waals surface area (Å²) in [5.41, 5.74) is 6.59. The number of β-lactam (4-membered cyclic amide) rings is 1. The zero-order valence-corrected chi connectivity index (χ0v) is 14.1. The monoisotopic (exact) mass is 365 g/mol. The van der Waals surface area contributed by atoms with Gasteiger partial charge < -0.3 is 21.1 Å². The largest absolute Gasteiger partial charge is 0.480 e. The average molecular weight is 365 g/mol. The highest BCUT2D eigenvalue weighted by Gasteiger charge is 2.64. The maximum Gasteiger partial charge on any atom is 0.327 e. The van der Waals surface area contributed by atoms with Crippen molar-refractivity contribution in [3.8, 4) is 0 Å². The molecule has 25 heavy (non-hydrogen) atoms. The zero-order chi connectivity index (χ0) is 17.6. The highest BCUT2D eigenvalue weighted by Crippen LogP contribution is 2.50. The molecule has 8 heteroatoms. The molecule has 7 nitrogen and oxygen atoms in total. The summed E-state index contributed by atoms with van der Waals surface area (Å²) in [5.74, 6) is -1.86. The summed E-state index contributed by atoms with van der Waals surface area (Å²) in [7, 11) is 0. The summed E-state index contributed by atoms with van der Waals surface area (Å²) < 4.78 is -0.618. The number of hydrogen-bond donors (Lipinski definition) is 3. The molecule has 2 saturated heterocycles. The fourth-order valence-corrected chi connectivity index (χ4v) is 4.83. The van der Waals surface area contributed by atoms with Crippen LogP contribution >= 0.6 is 11.8 Å². The number of nitrogens with zero attached hydrogens (tertiary/aromatic N) is 1. The lowest BCUT2D eigenvalue weighted by molar-refractivity contribution is -0.161. The molecule has 4 atom stereocenters. The molecule has 0 radical (unpaired) electrons. The fourth-order valence-electron chi connectivity index (χ4n) is 3.20. The molecule has 2 fully saturated rings. The van der Waals surface area contributed by atoms with Gasteiger partial charge in [0.15, 0.2) is 0 Å². The van der Waals surface area contributed by atoms with Gasteiger partial charge in [0.2, 0.25) is 11.8 Å². The second-order valence-corrected chi connectivity index (χ2v) is 8.24. The number of benzene rings is 1. The molecule has 3 rings (SSSR count). The number of carboxylic acid groups (broad SMARTS) is 1. The summed E-state index contributed by atoms with van der Waals surface area (Å²) >= 11 is 1.38. The van der Waals surface area contributed by atoms with Crippen molar-refractivity contribution in [3.05, 3.63) is 35.9 Å². The highest BCUT2D eigenvalue weighted by atomic mass is 32.2. The highest BCUT2D eigenvalue weighted by molar-refractivity contribution is 8.01. The van der Waals surface area contributed by atoms with E-state index in [1.807, 2.05) is 6.07 Å². The van der Waals surface area contributed by atoms with Crippen LogP contribution in [0.2, 0.25) is 0 Å². The van der Waals surface area contributed by atoms with Gasteiger partial charge in [0.05, 0.1) is 0 Å². The lowest BCUT2D eigenvalue weighted by Crippen LogP contribution is -2.71. The van der Waals surface area contributed by atoms with E-state index in [2.05, 4.69) is 5.32 Å². The maximum absolute atomic E-state index is 12.3. The van der Waals surface area contributed by atoms with Crippen molar-refractivity contribution in [1.82, 2.24) is 10.2 Å². The van der Waals surface area contributed by atoms with E-state index in [-0.39, 0.29) is 18.7 Å². The van der Waals surface area contributed by atoms with Gasteiger partial charge in [0.1, 0.15) is 23.5 Å². The summed E-state index contributed by atoms with van der Waals surface area (Å²) in [6.45, 7) is 3.58. The minimum Gasteiger partial charge on any atom is -0.480 e. The standard InChI is InChI=1S/C16H19N3O4S.CH4/c1-16(2)11(15(22)23)19-13(21)10(14(19)24-16)18-12(20)9(17)8-6-4-3-5-7-8;/h3-7,9-11,14H,17H2,1-2H3,(H,18,20)(H,22,23);1H4/t9-,10-,11+,14-;/m1./s1. The molecule has 1 aromatic carbocycles. The summed E-state index contributed by atoms with van der Waals surface area (Å²) in [4.78, 5) is 37.5. The van der Waals surface area contributed by atoms with Crippen molar-refractivity contribution < 1.29 is 19.5 Å². The van der Waals surface area contributed by atoms with E-state index in [1.165, 1.54) is 16.7 Å². The third-order valence-electron chi connectivity index (χ3n) is 4.41. The molecule has 0 aliphatic carbocycles. The average Bonchev–Trinajstić information content (AvgIpc) is 2.80. The summed E-state index contributed by atoms with van der Waals surface area (Å²) in [5, 5.41) is 11.7. The molecule has 2 heterocycles. The topological polar surface area (TPSA) is 113 Å². The minimum atomic E-state index is -1.03. The Morgan fingerprint density at radius 3 is 2.48 bits per heavy atom. The van der Waals surface area contributed by atoms with Gasteiger partial charge in [0.25, 0.3) is 0 Å². The SMILES string of the molecule is C.CC1(C)S[C@@H]2[C@H](NC(=O)[C@H](N)c3ccccc3)C(=O)N2[C@H]1C(=O)O. The molecular formula is C17H23N3O4S. The Morgan fingerprint density at radius 1 is 1.32 bits per heavy atom. The van der Waals surface area contributed by atoms with Gasteiger partial charge in [-0.1, -0.05) is 37.8 Å². The van der Waals surface area contributed by atoms with Gasteiger partial charge in [0, 0.05) is 4.75 Å². The van der Waals surface area contributed by atoms with E-state index in [4.69, 9.17) is 5.73 Å². The van der Waals surface area contributed by atoms with Gasteiger partial charge in [-0.2, -0.15) is 0 Å². The molecule has 2 aliphatic heterocycles. The smallest absolute Gasteiger partial charge is 0.327 e. The Labute approximate surface area is 150 Å². The molecule has 0 saturated carbocycles. The van der Waals surface area contributed by atoms with Crippen LogP contribution in [0.5, 0.6) is 0 Å². The van der Waals surface area contributed by atoms with Crippen molar-refractivity contribution in [3.63, 3.8) is 0 Å². The first-order chi connectivity index (χ1) is 11.2. The number of rotatable bonds is 4. The number of carbonyl (C=O) groups is 3. The van der Waals surface area contributed by atoms with Crippen LogP contribution < -0.4 is 11.1 Å². The van der Waals surface area contributed by atoms with Crippen molar-refractivity contribution in [2.24, 2.45) is 5.73 Å². The first kappa shape index (κ1) is 19.3. The first-order valence-electron chi connectivity index (χ1n) is 7.58. The molecular weight excluding hydrogens is 342 g/mol. The Morgan fingerprint density at radius 2 is 1.92 bits per heavy atom. The Hall–Kier alpha value is -2.06. The van der Waals surface area contributed by atoms with E-state index < -0.39 is 34.7 Å². The van der Waals surface area contributed by atoms with E-state index >= 15 is 0 Å². The van der Waals surface area contributed by atoms with Gasteiger partial charge in [-0.25, -0.2) is 4.79 Å². The molecule has 2 aliphatic rings. The van der Waals surface area contributed by atoms with E-state index in [1.54, 1.807) is 38.1 Å². The molecule has 2 amide bonds. The lowest BCUT2D eigenvalue weighted by atomic mass is 9.95. The molecule has 1 aromatic rings. The lowest BCUT2D eigenvalue weighted by Gasteiger charge is -2.43. The Balaban J connectivity index is 0.00000225. The zero-order valence-electron chi connectivity index (χ0n) is 13.3. The number of carbonyl (C=O) groups excluding carboxylic acids is 2. The van der Waals surface area contributed by atoms with Crippen LogP contribution in [-0.4, -0.2) is 50.0 Å². The summed E-state index contributed by atoms with van der Waals surface area (Å²) in [6.07, 6.45) is 0. The van der Waals surface area contributed by atoms with Crippen molar-refractivity contribution >= 4 is 29.5 Å². The van der Waals surface area contributed by atoms with Crippen LogP contribution in [0.3, 0.4) is 0 Å². The summed E-state index contributed by atoms with van der Waals surface area (Å²) in [6, 6.07) is 6.38. The third-order valence-corrected chi connectivity index (χ3v) is 5.99. The Bertz CT molecular complexity index is 694. The molecule has 0 spiro atoms.